The Labute approximate surface area is 203 Å². The van der Waals surface area contributed by atoms with Gasteiger partial charge in [0.25, 0.3) is 0 Å². The van der Waals surface area contributed by atoms with Crippen LogP contribution in [0.25, 0.3) is 10.9 Å². The minimum absolute atomic E-state index is 0.0398. The number of ether oxygens (including phenoxy) is 1. The molecule has 2 N–H and O–H groups in total. The molecule has 0 unspecified atom stereocenters. The minimum atomic E-state index is -0.777. The number of aliphatic hydroxyl groups is 1. The van der Waals surface area contributed by atoms with Gasteiger partial charge in [-0.3, -0.25) is 19.7 Å². The third-order valence-electron chi connectivity index (χ3n) is 6.51. The molecule has 4 rings (SSSR count). The summed E-state index contributed by atoms with van der Waals surface area (Å²) in [5.74, 6) is 6.54. The number of carbonyl (C=O) groups is 1. The monoisotopic (exact) mass is 479 g/mol. The molecule has 3 heterocycles. The van der Waals surface area contributed by atoms with Gasteiger partial charge < -0.3 is 14.9 Å². The number of hydrogen-bond donors (Lipinski definition) is 2. The predicted octanol–water partition coefficient (Wildman–Crippen LogP) is 3.98. The second-order valence-electron chi connectivity index (χ2n) is 8.69. The molecule has 0 bridgehead atoms. The Balaban J connectivity index is 1.39. The summed E-state index contributed by atoms with van der Waals surface area (Å²) >= 11 is 1.51. The van der Waals surface area contributed by atoms with Crippen molar-refractivity contribution < 1.29 is 19.7 Å². The van der Waals surface area contributed by atoms with E-state index < -0.39 is 12.1 Å². The summed E-state index contributed by atoms with van der Waals surface area (Å²) in [5, 5.41) is 21.4. The van der Waals surface area contributed by atoms with E-state index in [-0.39, 0.29) is 18.3 Å². The number of nitrogens with zero attached hydrogens (tertiary/aromatic N) is 3. The number of benzene rings is 1. The van der Waals surface area contributed by atoms with E-state index in [4.69, 9.17) is 4.74 Å². The minimum Gasteiger partial charge on any atom is -0.497 e. The molecule has 1 fully saturated rings. The number of methoxy groups -OCH3 is 1. The van der Waals surface area contributed by atoms with Gasteiger partial charge in [-0.15, -0.1) is 11.3 Å². The number of pyridine rings is 1. The zero-order valence-corrected chi connectivity index (χ0v) is 20.0. The van der Waals surface area contributed by atoms with Crippen LogP contribution in [0.1, 0.15) is 42.2 Å². The van der Waals surface area contributed by atoms with Crippen molar-refractivity contribution in [3.8, 4) is 17.6 Å². The second kappa shape index (κ2) is 11.4. The van der Waals surface area contributed by atoms with Crippen molar-refractivity contribution in [1.29, 1.82) is 0 Å². The zero-order valence-electron chi connectivity index (χ0n) is 19.2. The number of carboxylic acids is 1. The van der Waals surface area contributed by atoms with Gasteiger partial charge in [0.15, 0.2) is 0 Å². The highest BCUT2D eigenvalue weighted by Gasteiger charge is 2.31. The van der Waals surface area contributed by atoms with E-state index in [1.54, 1.807) is 25.0 Å². The number of piperidine rings is 1. The Hall–Kier alpha value is -2.99. The highest BCUT2D eigenvalue weighted by Crippen LogP contribution is 2.34. The van der Waals surface area contributed by atoms with Crippen molar-refractivity contribution in [1.82, 2.24) is 14.9 Å². The molecule has 1 saturated heterocycles. The van der Waals surface area contributed by atoms with Crippen LogP contribution in [0, 0.1) is 23.7 Å². The molecule has 0 saturated carbocycles. The fourth-order valence-corrected chi connectivity index (χ4v) is 5.23. The van der Waals surface area contributed by atoms with Gasteiger partial charge in [-0.2, -0.15) is 0 Å². The van der Waals surface area contributed by atoms with Crippen LogP contribution in [0.3, 0.4) is 0 Å². The quantitative estimate of drug-likeness (QED) is 0.472. The molecular weight excluding hydrogens is 450 g/mol. The summed E-state index contributed by atoms with van der Waals surface area (Å²) in [7, 11) is 1.62. The molecule has 7 nitrogen and oxygen atoms in total. The van der Waals surface area contributed by atoms with Crippen LogP contribution in [0.2, 0.25) is 0 Å². The number of aliphatic carboxylic acids is 1. The van der Waals surface area contributed by atoms with Crippen molar-refractivity contribution in [2.45, 2.75) is 31.8 Å². The average molecular weight is 480 g/mol. The first kappa shape index (κ1) is 24.1. The van der Waals surface area contributed by atoms with E-state index >= 15 is 0 Å². The lowest BCUT2D eigenvalue weighted by Gasteiger charge is -2.37. The van der Waals surface area contributed by atoms with Crippen LogP contribution in [-0.4, -0.2) is 57.8 Å². The summed E-state index contributed by atoms with van der Waals surface area (Å²) in [6, 6.07) is 7.50. The van der Waals surface area contributed by atoms with Crippen molar-refractivity contribution in [2.75, 3.05) is 26.7 Å². The summed E-state index contributed by atoms with van der Waals surface area (Å²) < 4.78 is 5.34. The van der Waals surface area contributed by atoms with Crippen molar-refractivity contribution in [3.63, 3.8) is 0 Å². The number of thiazole rings is 1. The Morgan fingerprint density at radius 2 is 2.24 bits per heavy atom. The van der Waals surface area contributed by atoms with E-state index in [0.29, 0.717) is 19.5 Å². The topological polar surface area (TPSA) is 95.8 Å². The van der Waals surface area contributed by atoms with Crippen LogP contribution in [0.4, 0.5) is 0 Å². The molecule has 3 aromatic rings. The van der Waals surface area contributed by atoms with E-state index in [1.165, 1.54) is 11.3 Å². The second-order valence-corrected chi connectivity index (χ2v) is 9.57. The smallest absolute Gasteiger partial charge is 0.303 e. The average Bonchev–Trinajstić information content (AvgIpc) is 3.36. The van der Waals surface area contributed by atoms with Crippen molar-refractivity contribution in [2.24, 2.45) is 11.8 Å². The van der Waals surface area contributed by atoms with Gasteiger partial charge in [0.05, 0.1) is 41.9 Å². The van der Waals surface area contributed by atoms with Crippen molar-refractivity contribution in [3.05, 3.63) is 52.6 Å². The summed E-state index contributed by atoms with van der Waals surface area (Å²) in [4.78, 5) is 23.1. The number of rotatable bonds is 8. The molecule has 34 heavy (non-hydrogen) atoms. The number of hydrogen-bond acceptors (Lipinski definition) is 7. The molecular formula is C26H29N3O4S. The SMILES string of the molecule is COc1ccc2nccc([C@@H](O)CC[C@@H]3CCN(CC#Cc4cncs4)C[C@@H]3CC(=O)O)c2c1. The van der Waals surface area contributed by atoms with Crippen molar-refractivity contribution >= 4 is 28.2 Å². The van der Waals surface area contributed by atoms with Gasteiger partial charge in [0.1, 0.15) is 5.75 Å². The fourth-order valence-electron chi connectivity index (χ4n) is 4.74. The third-order valence-corrected chi connectivity index (χ3v) is 7.20. The Bertz CT molecular complexity index is 1170. The van der Waals surface area contributed by atoms with E-state index in [2.05, 4.69) is 26.7 Å². The number of carboxylic acid groups (broad SMARTS) is 1. The predicted molar refractivity (Wildman–Crippen MR) is 132 cm³/mol. The number of fused-ring (bicyclic) bond motifs is 1. The molecule has 8 heteroatoms. The van der Waals surface area contributed by atoms with Crippen LogP contribution in [0.5, 0.6) is 5.75 Å². The lowest BCUT2D eigenvalue weighted by Crippen LogP contribution is -2.41. The Kier molecular flexibility index (Phi) is 8.12. The summed E-state index contributed by atoms with van der Waals surface area (Å²) in [6.45, 7) is 2.21. The molecule has 0 radical (unpaired) electrons. The van der Waals surface area contributed by atoms with E-state index in [1.807, 2.05) is 24.3 Å². The Morgan fingerprint density at radius 3 is 3.00 bits per heavy atom. The number of aliphatic hydroxyl groups excluding tert-OH is 1. The zero-order chi connectivity index (χ0) is 23.9. The normalized spacial score (nSPS) is 19.4. The largest absolute Gasteiger partial charge is 0.497 e. The lowest BCUT2D eigenvalue weighted by molar-refractivity contribution is -0.139. The molecule has 1 aliphatic rings. The molecule has 0 amide bonds. The van der Waals surface area contributed by atoms with Crippen LogP contribution < -0.4 is 4.74 Å². The molecule has 1 aromatic carbocycles. The van der Waals surface area contributed by atoms with Crippen LogP contribution in [-0.2, 0) is 4.79 Å². The molecule has 0 spiro atoms. The van der Waals surface area contributed by atoms with Gasteiger partial charge in [-0.1, -0.05) is 11.8 Å². The Morgan fingerprint density at radius 1 is 1.35 bits per heavy atom. The first-order valence-electron chi connectivity index (χ1n) is 11.5. The first-order chi connectivity index (χ1) is 16.5. The number of likely N-dealkylation sites (tertiary alicyclic amines) is 1. The molecule has 3 atom stereocenters. The lowest BCUT2D eigenvalue weighted by atomic mass is 9.79. The highest BCUT2D eigenvalue weighted by atomic mass is 32.1. The first-order valence-corrected chi connectivity index (χ1v) is 12.3. The van der Waals surface area contributed by atoms with Gasteiger partial charge in [0.2, 0.25) is 0 Å². The molecule has 178 valence electrons. The van der Waals surface area contributed by atoms with Crippen LogP contribution in [0.15, 0.2) is 42.2 Å². The maximum Gasteiger partial charge on any atom is 0.303 e. The van der Waals surface area contributed by atoms with Gasteiger partial charge in [-0.25, -0.2) is 0 Å². The standard InChI is InChI=1S/C26H29N3O4S/c1-33-20-5-6-24-23(14-20)22(8-10-28-24)25(30)7-4-18-9-12-29(16-19(18)13-26(31)32)11-2-3-21-15-27-17-34-21/h5-6,8,10,14-15,17-19,25,30H,4,7,9,11-13,16H2,1H3,(H,31,32)/t18-,19+,25+/m1/s1. The molecule has 2 aromatic heterocycles. The summed E-state index contributed by atoms with van der Waals surface area (Å²) in [5.41, 5.74) is 3.40. The van der Waals surface area contributed by atoms with Crippen LogP contribution >= 0.6 is 11.3 Å². The number of aromatic nitrogens is 2. The fraction of sp³-hybridized carbons (Fsp3) is 0.423. The van der Waals surface area contributed by atoms with Gasteiger partial charge in [-0.05, 0) is 67.5 Å². The maximum atomic E-state index is 11.5. The molecule has 1 aliphatic heterocycles. The maximum absolute atomic E-state index is 11.5. The molecule has 0 aliphatic carbocycles. The van der Waals surface area contributed by atoms with Gasteiger partial charge in [0, 0.05) is 24.5 Å². The van der Waals surface area contributed by atoms with E-state index in [0.717, 1.165) is 46.5 Å². The van der Waals surface area contributed by atoms with E-state index in [9.17, 15) is 15.0 Å². The van der Waals surface area contributed by atoms with Gasteiger partial charge >= 0.3 is 5.97 Å². The highest BCUT2D eigenvalue weighted by molar-refractivity contribution is 7.10. The third kappa shape index (κ3) is 6.11. The summed E-state index contributed by atoms with van der Waals surface area (Å²) in [6.07, 6.45) is 5.20.